The largest absolute Gasteiger partial charge is 1.00 e. The average molecular weight is 247 g/mol. The van der Waals surface area contributed by atoms with Gasteiger partial charge in [-0.15, -0.1) is 10.2 Å². The summed E-state index contributed by atoms with van der Waals surface area (Å²) in [7, 11) is 0. The summed E-state index contributed by atoms with van der Waals surface area (Å²) in [5.74, 6) is -0.0732. The van der Waals surface area contributed by atoms with Gasteiger partial charge in [-0.1, -0.05) is 30.0 Å². The standard InChI is InChI=1S/C13H11N3O.Na/c1-9-6-7-13(17)12(8-9)16-14-10-4-2-3-5-11(10)15-16;/h2-8,17H,1H3;/q;+1/p-1. The van der Waals surface area contributed by atoms with Gasteiger partial charge in [0.1, 0.15) is 11.0 Å². The summed E-state index contributed by atoms with van der Waals surface area (Å²) in [5, 5.41) is 20.3. The van der Waals surface area contributed by atoms with Gasteiger partial charge >= 0.3 is 29.6 Å². The minimum atomic E-state index is -0.0732. The van der Waals surface area contributed by atoms with E-state index in [0.717, 1.165) is 16.6 Å². The van der Waals surface area contributed by atoms with Gasteiger partial charge in [0, 0.05) is 0 Å². The number of aromatic nitrogens is 3. The van der Waals surface area contributed by atoms with Gasteiger partial charge < -0.3 is 5.11 Å². The Kier molecular flexibility index (Phi) is 3.71. The number of fused-ring (bicyclic) bond motifs is 1. The van der Waals surface area contributed by atoms with Crippen molar-refractivity contribution in [3.8, 4) is 11.4 Å². The molecule has 4 nitrogen and oxygen atoms in total. The second kappa shape index (κ2) is 5.10. The number of hydrogen-bond acceptors (Lipinski definition) is 3. The minimum Gasteiger partial charge on any atom is -0.871 e. The Morgan fingerprint density at radius 3 is 2.22 bits per heavy atom. The average Bonchev–Trinajstić information content (AvgIpc) is 2.75. The van der Waals surface area contributed by atoms with Gasteiger partial charge in [-0.3, -0.25) is 0 Å². The maximum atomic E-state index is 11.7. The van der Waals surface area contributed by atoms with Gasteiger partial charge in [0.2, 0.25) is 0 Å². The van der Waals surface area contributed by atoms with E-state index in [1.807, 2.05) is 31.2 Å². The van der Waals surface area contributed by atoms with Crippen molar-refractivity contribution in [1.82, 2.24) is 15.0 Å². The molecular weight excluding hydrogens is 237 g/mol. The van der Waals surface area contributed by atoms with Crippen LogP contribution < -0.4 is 34.7 Å². The molecule has 0 aliphatic carbocycles. The van der Waals surface area contributed by atoms with E-state index in [1.54, 1.807) is 18.2 Å². The van der Waals surface area contributed by atoms with Crippen LogP contribution in [0.3, 0.4) is 0 Å². The van der Waals surface area contributed by atoms with Crippen molar-refractivity contribution in [1.29, 1.82) is 0 Å². The molecule has 5 heteroatoms. The molecule has 18 heavy (non-hydrogen) atoms. The molecule has 0 aliphatic heterocycles. The predicted octanol–water partition coefficient (Wildman–Crippen LogP) is -1.19. The van der Waals surface area contributed by atoms with E-state index in [4.69, 9.17) is 0 Å². The number of benzene rings is 2. The molecule has 0 saturated heterocycles. The van der Waals surface area contributed by atoms with Crippen molar-refractivity contribution in [2.75, 3.05) is 0 Å². The smallest absolute Gasteiger partial charge is 0.871 e. The van der Waals surface area contributed by atoms with Gasteiger partial charge in [0.15, 0.2) is 0 Å². The molecule has 0 spiro atoms. The molecule has 0 N–H and O–H groups in total. The molecule has 84 valence electrons. The fraction of sp³-hybridized carbons (Fsp3) is 0.0769. The predicted molar refractivity (Wildman–Crippen MR) is 63.0 cm³/mol. The van der Waals surface area contributed by atoms with Gasteiger partial charge in [0.05, 0.1) is 5.69 Å². The summed E-state index contributed by atoms with van der Waals surface area (Å²) < 4.78 is 0. The maximum absolute atomic E-state index is 11.7. The molecule has 0 amide bonds. The van der Waals surface area contributed by atoms with Crippen molar-refractivity contribution in [2.24, 2.45) is 0 Å². The van der Waals surface area contributed by atoms with Crippen molar-refractivity contribution >= 4 is 11.0 Å². The van der Waals surface area contributed by atoms with Crippen molar-refractivity contribution < 1.29 is 34.7 Å². The van der Waals surface area contributed by atoms with Gasteiger partial charge in [0.25, 0.3) is 0 Å². The maximum Gasteiger partial charge on any atom is 1.00 e. The van der Waals surface area contributed by atoms with Crippen LogP contribution in [0.25, 0.3) is 16.7 Å². The van der Waals surface area contributed by atoms with Crippen LogP contribution in [0.4, 0.5) is 0 Å². The van der Waals surface area contributed by atoms with E-state index in [2.05, 4.69) is 10.2 Å². The minimum absolute atomic E-state index is 0. The zero-order chi connectivity index (χ0) is 11.8. The number of hydrogen-bond donors (Lipinski definition) is 0. The van der Waals surface area contributed by atoms with Crippen LogP contribution in [0, 0.1) is 6.92 Å². The molecule has 0 bridgehead atoms. The van der Waals surface area contributed by atoms with Crippen LogP contribution in [0.5, 0.6) is 5.75 Å². The fourth-order valence-electron chi connectivity index (χ4n) is 1.75. The molecule has 0 aliphatic rings. The zero-order valence-corrected chi connectivity index (χ0v) is 12.3. The second-order valence-electron chi connectivity index (χ2n) is 3.95. The first kappa shape index (κ1) is 13.1. The third kappa shape index (κ3) is 2.27. The molecule has 1 heterocycles. The molecule has 1 aromatic heterocycles. The van der Waals surface area contributed by atoms with Gasteiger partial charge in [-0.2, -0.15) is 4.80 Å². The summed E-state index contributed by atoms with van der Waals surface area (Å²) in [6, 6.07) is 12.7. The Hall–Kier alpha value is -1.36. The summed E-state index contributed by atoms with van der Waals surface area (Å²) in [5.41, 5.74) is 3.07. The van der Waals surface area contributed by atoms with Crippen LogP contribution in [0.1, 0.15) is 5.56 Å². The molecule has 2 aromatic carbocycles. The summed E-state index contributed by atoms with van der Waals surface area (Å²) in [6.07, 6.45) is 0. The van der Waals surface area contributed by atoms with Crippen LogP contribution in [0.2, 0.25) is 0 Å². The first-order valence-electron chi connectivity index (χ1n) is 5.34. The molecule has 0 radical (unpaired) electrons. The van der Waals surface area contributed by atoms with Gasteiger partial charge in [-0.05, 0) is 30.7 Å². The van der Waals surface area contributed by atoms with E-state index < -0.39 is 0 Å². The van der Waals surface area contributed by atoms with E-state index in [-0.39, 0.29) is 35.3 Å². The zero-order valence-electron chi connectivity index (χ0n) is 10.3. The number of rotatable bonds is 1. The molecule has 0 fully saturated rings. The van der Waals surface area contributed by atoms with Gasteiger partial charge in [-0.25, -0.2) is 0 Å². The first-order chi connectivity index (χ1) is 8.24. The number of aryl methyl sites for hydroxylation is 1. The summed E-state index contributed by atoms with van der Waals surface area (Å²) in [4.78, 5) is 1.40. The summed E-state index contributed by atoms with van der Waals surface area (Å²) >= 11 is 0. The van der Waals surface area contributed by atoms with Crippen molar-refractivity contribution in [3.63, 3.8) is 0 Å². The van der Waals surface area contributed by atoms with Crippen molar-refractivity contribution in [2.45, 2.75) is 6.92 Å². The Labute approximate surface area is 127 Å². The Morgan fingerprint density at radius 2 is 1.61 bits per heavy atom. The van der Waals surface area contributed by atoms with Crippen LogP contribution >= 0.6 is 0 Å². The summed E-state index contributed by atoms with van der Waals surface area (Å²) in [6.45, 7) is 1.94. The van der Waals surface area contributed by atoms with Crippen LogP contribution in [-0.4, -0.2) is 15.0 Å². The first-order valence-corrected chi connectivity index (χ1v) is 5.34. The molecule has 3 aromatic rings. The van der Waals surface area contributed by atoms with Crippen molar-refractivity contribution in [3.05, 3.63) is 48.0 Å². The third-order valence-electron chi connectivity index (χ3n) is 2.62. The number of nitrogens with zero attached hydrogens (tertiary/aromatic N) is 3. The normalized spacial score (nSPS) is 10.3. The molecular formula is C13H10N3NaO. The second-order valence-corrected chi connectivity index (χ2v) is 3.95. The van der Waals surface area contributed by atoms with E-state index >= 15 is 0 Å². The quantitative estimate of drug-likeness (QED) is 0.508. The van der Waals surface area contributed by atoms with Crippen LogP contribution in [-0.2, 0) is 0 Å². The van der Waals surface area contributed by atoms with E-state index in [9.17, 15) is 5.11 Å². The monoisotopic (exact) mass is 247 g/mol. The van der Waals surface area contributed by atoms with E-state index in [0.29, 0.717) is 5.69 Å². The van der Waals surface area contributed by atoms with E-state index in [1.165, 1.54) is 4.80 Å². The molecule has 0 saturated carbocycles. The Morgan fingerprint density at radius 1 is 1.00 bits per heavy atom. The fourth-order valence-corrected chi connectivity index (χ4v) is 1.75. The van der Waals surface area contributed by atoms with Crippen LogP contribution in [0.15, 0.2) is 42.5 Å². The third-order valence-corrected chi connectivity index (χ3v) is 2.62. The Balaban J connectivity index is 0.00000120. The topological polar surface area (TPSA) is 53.8 Å². The molecule has 0 atom stereocenters. The Bertz CT molecular complexity index is 661. The SMILES string of the molecule is Cc1ccc([O-])c(-n2nc3ccccc3n2)c1.[Na+]. The molecule has 0 unspecified atom stereocenters. The molecule has 3 rings (SSSR count).